The van der Waals surface area contributed by atoms with E-state index in [0.29, 0.717) is 27.3 Å². The van der Waals surface area contributed by atoms with Crippen LogP contribution >= 0.6 is 31.9 Å². The van der Waals surface area contributed by atoms with Crippen LogP contribution in [0.15, 0.2) is 45.3 Å². The van der Waals surface area contributed by atoms with Gasteiger partial charge in [0.25, 0.3) is 0 Å². The molecule has 5 nitrogen and oxygen atoms in total. The average molecular weight is 441 g/mol. The Hall–Kier alpha value is -2.04. The van der Waals surface area contributed by atoms with Gasteiger partial charge in [-0.1, -0.05) is 15.9 Å². The Morgan fingerprint density at radius 3 is 2.61 bits per heavy atom. The predicted molar refractivity (Wildman–Crippen MR) is 90.8 cm³/mol. The number of halogens is 2. The number of nitrogens with zero attached hydrogens (tertiary/aromatic N) is 1. The van der Waals surface area contributed by atoms with Crippen LogP contribution in [-0.4, -0.2) is 17.2 Å². The molecule has 0 aliphatic heterocycles. The maximum atomic E-state index is 10.9. The summed E-state index contributed by atoms with van der Waals surface area (Å²) in [5.41, 5.74) is 0.378. The van der Waals surface area contributed by atoms with Gasteiger partial charge in [0.1, 0.15) is 23.3 Å². The van der Waals surface area contributed by atoms with Crippen LogP contribution in [0, 0.1) is 11.3 Å². The van der Waals surface area contributed by atoms with Gasteiger partial charge in [-0.05, 0) is 53.2 Å². The highest BCUT2D eigenvalue weighted by atomic mass is 79.9. The number of nitriles is 1. The second-order valence-electron chi connectivity index (χ2n) is 4.54. The van der Waals surface area contributed by atoms with Crippen molar-refractivity contribution < 1.29 is 19.4 Å². The lowest BCUT2D eigenvalue weighted by molar-refractivity contribution is -0.144. The fourth-order valence-corrected chi connectivity index (χ4v) is 2.39. The van der Waals surface area contributed by atoms with Gasteiger partial charge in [-0.3, -0.25) is 0 Å². The zero-order valence-corrected chi connectivity index (χ0v) is 15.1. The molecule has 2 rings (SSSR count). The summed E-state index contributed by atoms with van der Waals surface area (Å²) in [6, 6.07) is 12.1. The SMILES string of the molecule is CC(Oc1cc(Oc2ccc(Br)cc2C#N)ccc1Br)C(=O)O. The van der Waals surface area contributed by atoms with E-state index in [2.05, 4.69) is 37.9 Å². The van der Waals surface area contributed by atoms with E-state index < -0.39 is 12.1 Å². The summed E-state index contributed by atoms with van der Waals surface area (Å²) in [6.45, 7) is 1.44. The molecule has 0 heterocycles. The number of rotatable bonds is 5. The molecule has 1 atom stereocenters. The Kier molecular flexibility index (Phi) is 5.64. The standard InChI is InChI=1S/C16H11Br2NO4/c1-9(16(20)21)22-15-7-12(3-4-13(15)18)23-14-5-2-11(17)6-10(14)8-19/h2-7,9H,1H3,(H,20,21). The van der Waals surface area contributed by atoms with Crippen molar-refractivity contribution in [2.75, 3.05) is 0 Å². The van der Waals surface area contributed by atoms with Crippen LogP contribution in [0.2, 0.25) is 0 Å². The Morgan fingerprint density at radius 1 is 1.22 bits per heavy atom. The molecule has 118 valence electrons. The normalized spacial score (nSPS) is 11.4. The fourth-order valence-electron chi connectivity index (χ4n) is 1.68. The Labute approximate surface area is 149 Å². The van der Waals surface area contributed by atoms with Crippen molar-refractivity contribution in [1.29, 1.82) is 5.26 Å². The minimum atomic E-state index is -1.07. The van der Waals surface area contributed by atoms with Crippen LogP contribution in [0.5, 0.6) is 17.2 Å². The monoisotopic (exact) mass is 439 g/mol. The highest BCUT2D eigenvalue weighted by Gasteiger charge is 2.15. The topological polar surface area (TPSA) is 79.5 Å². The molecule has 7 heteroatoms. The molecule has 0 spiro atoms. The number of hydrogen-bond donors (Lipinski definition) is 1. The van der Waals surface area contributed by atoms with E-state index in [1.807, 2.05) is 0 Å². The molecule has 0 saturated heterocycles. The van der Waals surface area contributed by atoms with Crippen LogP contribution in [-0.2, 0) is 4.79 Å². The van der Waals surface area contributed by atoms with Crippen molar-refractivity contribution in [1.82, 2.24) is 0 Å². The van der Waals surface area contributed by atoms with E-state index >= 15 is 0 Å². The van der Waals surface area contributed by atoms with Crippen molar-refractivity contribution in [3.05, 3.63) is 50.9 Å². The number of hydrogen-bond acceptors (Lipinski definition) is 4. The lowest BCUT2D eigenvalue weighted by atomic mass is 10.2. The van der Waals surface area contributed by atoms with Gasteiger partial charge in [0.15, 0.2) is 6.10 Å². The quantitative estimate of drug-likeness (QED) is 0.726. The van der Waals surface area contributed by atoms with Crippen LogP contribution in [0.1, 0.15) is 12.5 Å². The number of aliphatic carboxylic acids is 1. The maximum Gasteiger partial charge on any atom is 0.344 e. The molecule has 0 bridgehead atoms. The summed E-state index contributed by atoms with van der Waals surface area (Å²) >= 11 is 6.60. The minimum absolute atomic E-state index is 0.341. The van der Waals surface area contributed by atoms with Crippen molar-refractivity contribution in [3.8, 4) is 23.3 Å². The van der Waals surface area contributed by atoms with Crippen molar-refractivity contribution in [3.63, 3.8) is 0 Å². The summed E-state index contributed by atoms with van der Waals surface area (Å²) in [6.07, 6.45) is -0.996. The molecule has 2 aromatic rings. The van der Waals surface area contributed by atoms with Crippen LogP contribution in [0.4, 0.5) is 0 Å². The van der Waals surface area contributed by atoms with Crippen LogP contribution in [0.3, 0.4) is 0 Å². The number of benzene rings is 2. The molecule has 0 aliphatic rings. The lowest BCUT2D eigenvalue weighted by Crippen LogP contribution is -2.23. The van der Waals surface area contributed by atoms with Gasteiger partial charge in [-0.2, -0.15) is 5.26 Å². The molecule has 23 heavy (non-hydrogen) atoms. The summed E-state index contributed by atoms with van der Waals surface area (Å²) in [5, 5.41) is 18.1. The van der Waals surface area contributed by atoms with Gasteiger partial charge in [0.2, 0.25) is 0 Å². The molecule has 1 N–H and O–H groups in total. The smallest absolute Gasteiger partial charge is 0.344 e. The molecule has 2 aromatic carbocycles. The highest BCUT2D eigenvalue weighted by Crippen LogP contribution is 2.34. The minimum Gasteiger partial charge on any atom is -0.479 e. The van der Waals surface area contributed by atoms with Gasteiger partial charge < -0.3 is 14.6 Å². The summed E-state index contributed by atoms with van der Waals surface area (Å²) in [4.78, 5) is 10.9. The first-order valence-corrected chi connectivity index (χ1v) is 8.06. The zero-order chi connectivity index (χ0) is 17.0. The predicted octanol–water partition coefficient (Wildman–Crippen LogP) is 4.73. The summed E-state index contributed by atoms with van der Waals surface area (Å²) in [5.74, 6) is 0.103. The van der Waals surface area contributed by atoms with E-state index in [1.54, 1.807) is 36.4 Å². The summed E-state index contributed by atoms with van der Waals surface area (Å²) < 4.78 is 12.4. The highest BCUT2D eigenvalue weighted by molar-refractivity contribution is 9.10. The van der Waals surface area contributed by atoms with E-state index in [4.69, 9.17) is 19.8 Å². The third-order valence-electron chi connectivity index (χ3n) is 2.84. The van der Waals surface area contributed by atoms with Gasteiger partial charge in [0.05, 0.1) is 10.0 Å². The summed E-state index contributed by atoms with van der Waals surface area (Å²) in [7, 11) is 0. The molecule has 0 radical (unpaired) electrons. The van der Waals surface area contributed by atoms with E-state index in [-0.39, 0.29) is 0 Å². The maximum absolute atomic E-state index is 10.9. The van der Waals surface area contributed by atoms with Crippen molar-refractivity contribution in [2.45, 2.75) is 13.0 Å². The molecular weight excluding hydrogens is 430 g/mol. The number of carbonyl (C=O) groups is 1. The average Bonchev–Trinajstić information content (AvgIpc) is 2.52. The third-order valence-corrected chi connectivity index (χ3v) is 3.99. The van der Waals surface area contributed by atoms with E-state index in [1.165, 1.54) is 6.92 Å². The Bertz CT molecular complexity index is 786. The van der Waals surface area contributed by atoms with Gasteiger partial charge in [-0.15, -0.1) is 0 Å². The van der Waals surface area contributed by atoms with Crippen molar-refractivity contribution >= 4 is 37.8 Å². The van der Waals surface area contributed by atoms with Crippen molar-refractivity contribution in [2.24, 2.45) is 0 Å². The molecule has 0 aromatic heterocycles. The van der Waals surface area contributed by atoms with E-state index in [9.17, 15) is 4.79 Å². The first-order valence-electron chi connectivity index (χ1n) is 6.47. The molecule has 0 fully saturated rings. The van der Waals surface area contributed by atoms with Gasteiger partial charge in [-0.25, -0.2) is 4.79 Å². The number of carboxylic acid groups (broad SMARTS) is 1. The van der Waals surface area contributed by atoms with Gasteiger partial charge in [0, 0.05) is 10.5 Å². The third kappa shape index (κ3) is 4.47. The first-order chi connectivity index (χ1) is 10.9. The lowest BCUT2D eigenvalue weighted by Gasteiger charge is -2.14. The molecule has 1 unspecified atom stereocenters. The molecular formula is C16H11Br2NO4. The number of carboxylic acids is 1. The fraction of sp³-hybridized carbons (Fsp3) is 0.125. The second-order valence-corrected chi connectivity index (χ2v) is 6.31. The second kappa shape index (κ2) is 7.49. The Balaban J connectivity index is 2.28. The zero-order valence-electron chi connectivity index (χ0n) is 11.9. The van der Waals surface area contributed by atoms with Crippen LogP contribution < -0.4 is 9.47 Å². The van der Waals surface area contributed by atoms with Gasteiger partial charge >= 0.3 is 5.97 Å². The van der Waals surface area contributed by atoms with E-state index in [0.717, 1.165) is 4.47 Å². The molecule has 0 saturated carbocycles. The first kappa shape index (κ1) is 17.3. The van der Waals surface area contributed by atoms with Crippen LogP contribution in [0.25, 0.3) is 0 Å². The Morgan fingerprint density at radius 2 is 1.96 bits per heavy atom. The largest absolute Gasteiger partial charge is 0.479 e. The number of ether oxygens (including phenoxy) is 2. The molecule has 0 aliphatic carbocycles. The molecule has 0 amide bonds.